The maximum absolute atomic E-state index is 5.62. The zero-order valence-electron chi connectivity index (χ0n) is 8.64. The largest absolute Gasteiger partial charge is 0.489 e. The molecular weight excluding hydrogens is 192 g/mol. The third-order valence-electron chi connectivity index (χ3n) is 2.26. The van der Waals surface area contributed by atoms with Gasteiger partial charge in [0.15, 0.2) is 6.10 Å². The molecule has 0 bridgehead atoms. The minimum atomic E-state index is -0.0513. The maximum atomic E-state index is 5.62. The molecule has 0 saturated carbocycles. The Balaban J connectivity index is 1.86. The fourth-order valence-corrected chi connectivity index (χ4v) is 1.42. The van der Waals surface area contributed by atoms with Gasteiger partial charge in [-0.3, -0.25) is 0 Å². The van der Waals surface area contributed by atoms with E-state index in [9.17, 15) is 0 Å². The van der Waals surface area contributed by atoms with E-state index in [1.807, 2.05) is 31.2 Å². The van der Waals surface area contributed by atoms with Crippen molar-refractivity contribution in [3.8, 4) is 5.75 Å². The van der Waals surface area contributed by atoms with Crippen molar-refractivity contribution in [2.24, 2.45) is 10.7 Å². The van der Waals surface area contributed by atoms with Crippen LogP contribution in [0.15, 0.2) is 29.3 Å². The molecule has 0 amide bonds. The first-order valence-corrected chi connectivity index (χ1v) is 4.90. The van der Waals surface area contributed by atoms with Gasteiger partial charge >= 0.3 is 0 Å². The molecule has 80 valence electrons. The van der Waals surface area contributed by atoms with Gasteiger partial charge in [-0.05, 0) is 18.6 Å². The van der Waals surface area contributed by atoms with Gasteiger partial charge in [-0.2, -0.15) is 0 Å². The summed E-state index contributed by atoms with van der Waals surface area (Å²) in [6.45, 7) is 3.07. The van der Waals surface area contributed by atoms with Crippen molar-refractivity contribution in [1.82, 2.24) is 0 Å². The minimum absolute atomic E-state index is 0.0513. The molecule has 0 radical (unpaired) electrons. The predicted molar refractivity (Wildman–Crippen MR) is 58.0 cm³/mol. The van der Waals surface area contributed by atoms with Gasteiger partial charge in [0.05, 0.1) is 6.54 Å². The van der Waals surface area contributed by atoms with Crippen LogP contribution in [0.25, 0.3) is 0 Å². The van der Waals surface area contributed by atoms with Gasteiger partial charge in [-0.1, -0.05) is 18.2 Å². The highest BCUT2D eigenvalue weighted by atomic mass is 16.5. The number of nitrogens with zero attached hydrogens (tertiary/aromatic N) is 1. The van der Waals surface area contributed by atoms with Crippen LogP contribution in [0.3, 0.4) is 0 Å². The van der Waals surface area contributed by atoms with E-state index >= 15 is 0 Å². The molecule has 4 heteroatoms. The van der Waals surface area contributed by atoms with Crippen LogP contribution >= 0.6 is 0 Å². The van der Waals surface area contributed by atoms with Crippen molar-refractivity contribution in [2.45, 2.75) is 13.0 Å². The van der Waals surface area contributed by atoms with Crippen LogP contribution in [0.1, 0.15) is 5.56 Å². The van der Waals surface area contributed by atoms with Gasteiger partial charge in [0.2, 0.25) is 0 Å². The molecule has 0 saturated heterocycles. The number of hydrogen-bond acceptors (Lipinski definition) is 4. The Morgan fingerprint density at radius 2 is 2.33 bits per heavy atom. The molecule has 1 aliphatic rings. The van der Waals surface area contributed by atoms with Gasteiger partial charge in [0.25, 0.3) is 6.02 Å². The second kappa shape index (κ2) is 4.21. The number of hydrogen-bond donors (Lipinski definition) is 1. The third kappa shape index (κ3) is 2.40. The molecule has 1 aromatic rings. The number of para-hydroxylation sites is 1. The van der Waals surface area contributed by atoms with E-state index < -0.39 is 0 Å². The lowest BCUT2D eigenvalue weighted by Gasteiger charge is -2.12. The van der Waals surface area contributed by atoms with Gasteiger partial charge in [-0.25, -0.2) is 4.99 Å². The first-order chi connectivity index (χ1) is 7.25. The summed E-state index contributed by atoms with van der Waals surface area (Å²) in [7, 11) is 0. The molecule has 0 aromatic heterocycles. The standard InChI is InChI=1S/C11H14N2O2/c1-8-4-2-3-5-10(8)14-7-9-6-13-11(12)15-9/h2-5,9H,6-7H2,1H3,(H2,12,13)/t9-/m1/s1. The topological polar surface area (TPSA) is 56.8 Å². The van der Waals surface area contributed by atoms with Crippen molar-refractivity contribution >= 4 is 6.02 Å². The summed E-state index contributed by atoms with van der Waals surface area (Å²) in [4.78, 5) is 3.94. The number of amidine groups is 1. The molecule has 1 atom stereocenters. The Morgan fingerprint density at radius 3 is 3.00 bits per heavy atom. The van der Waals surface area contributed by atoms with Crippen molar-refractivity contribution in [1.29, 1.82) is 0 Å². The lowest BCUT2D eigenvalue weighted by molar-refractivity contribution is 0.141. The average molecular weight is 206 g/mol. The normalized spacial score (nSPS) is 19.5. The molecule has 2 N–H and O–H groups in total. The van der Waals surface area contributed by atoms with Gasteiger partial charge in [0, 0.05) is 0 Å². The van der Waals surface area contributed by atoms with E-state index in [0.29, 0.717) is 13.2 Å². The second-order valence-corrected chi connectivity index (χ2v) is 3.50. The van der Waals surface area contributed by atoms with E-state index in [4.69, 9.17) is 15.2 Å². The summed E-state index contributed by atoms with van der Waals surface area (Å²) in [5.41, 5.74) is 6.51. The molecule has 0 aliphatic carbocycles. The quantitative estimate of drug-likeness (QED) is 0.805. The predicted octanol–water partition coefficient (Wildman–Crippen LogP) is 1.09. The molecule has 15 heavy (non-hydrogen) atoms. The van der Waals surface area contributed by atoms with Crippen molar-refractivity contribution in [3.05, 3.63) is 29.8 Å². The molecular formula is C11H14N2O2. The summed E-state index contributed by atoms with van der Waals surface area (Å²) in [6, 6.07) is 8.14. The zero-order chi connectivity index (χ0) is 10.7. The average Bonchev–Trinajstić information content (AvgIpc) is 2.63. The SMILES string of the molecule is Cc1ccccc1OC[C@H]1CN=C(N)O1. The van der Waals surface area contributed by atoms with Gasteiger partial charge < -0.3 is 15.2 Å². The molecule has 0 fully saturated rings. The number of nitrogens with two attached hydrogens (primary N) is 1. The van der Waals surface area contributed by atoms with Crippen LogP contribution in [0.4, 0.5) is 0 Å². The Hall–Kier alpha value is -1.71. The summed E-state index contributed by atoms with van der Waals surface area (Å²) in [6.07, 6.45) is -0.0513. The van der Waals surface area contributed by atoms with E-state index in [1.54, 1.807) is 0 Å². The van der Waals surface area contributed by atoms with E-state index in [1.165, 1.54) is 0 Å². The fraction of sp³-hybridized carbons (Fsp3) is 0.364. The summed E-state index contributed by atoms with van der Waals surface area (Å²) >= 11 is 0. The van der Waals surface area contributed by atoms with Crippen molar-refractivity contribution < 1.29 is 9.47 Å². The number of rotatable bonds is 3. The number of ether oxygens (including phenoxy) is 2. The zero-order valence-corrected chi connectivity index (χ0v) is 8.64. The highest BCUT2D eigenvalue weighted by Gasteiger charge is 2.18. The van der Waals surface area contributed by atoms with Gasteiger partial charge in [-0.15, -0.1) is 0 Å². The summed E-state index contributed by atoms with van der Waals surface area (Å²) in [5.74, 6) is 0.881. The van der Waals surface area contributed by atoms with Crippen LogP contribution in [0.5, 0.6) is 5.75 Å². The number of aliphatic imine (C=N–C) groups is 1. The Bertz CT molecular complexity index is 377. The van der Waals surface area contributed by atoms with Crippen molar-refractivity contribution in [2.75, 3.05) is 13.2 Å². The number of aryl methyl sites for hydroxylation is 1. The molecule has 1 aliphatic heterocycles. The molecule has 0 spiro atoms. The van der Waals surface area contributed by atoms with Gasteiger partial charge in [0.1, 0.15) is 12.4 Å². The highest BCUT2D eigenvalue weighted by Crippen LogP contribution is 2.17. The summed E-state index contributed by atoms with van der Waals surface area (Å²) in [5, 5.41) is 0. The number of benzene rings is 1. The van der Waals surface area contributed by atoms with E-state index in [-0.39, 0.29) is 12.1 Å². The Morgan fingerprint density at radius 1 is 1.53 bits per heavy atom. The molecule has 0 unspecified atom stereocenters. The molecule has 2 rings (SSSR count). The van der Waals surface area contributed by atoms with Crippen LogP contribution in [0, 0.1) is 6.92 Å². The molecule has 4 nitrogen and oxygen atoms in total. The first kappa shape index (κ1) is 9.83. The second-order valence-electron chi connectivity index (χ2n) is 3.50. The third-order valence-corrected chi connectivity index (χ3v) is 2.26. The lowest BCUT2D eigenvalue weighted by Crippen LogP contribution is -2.24. The molecule has 1 heterocycles. The smallest absolute Gasteiger partial charge is 0.282 e. The van der Waals surface area contributed by atoms with Crippen LogP contribution in [-0.4, -0.2) is 25.3 Å². The summed E-state index contributed by atoms with van der Waals surface area (Å²) < 4.78 is 10.8. The fourth-order valence-electron chi connectivity index (χ4n) is 1.42. The maximum Gasteiger partial charge on any atom is 0.282 e. The first-order valence-electron chi connectivity index (χ1n) is 4.90. The minimum Gasteiger partial charge on any atom is -0.489 e. The van der Waals surface area contributed by atoms with E-state index in [0.717, 1.165) is 11.3 Å². The Labute approximate surface area is 88.7 Å². The van der Waals surface area contributed by atoms with Crippen LogP contribution < -0.4 is 10.5 Å². The van der Waals surface area contributed by atoms with E-state index in [2.05, 4.69) is 4.99 Å². The highest BCUT2D eigenvalue weighted by molar-refractivity contribution is 5.73. The van der Waals surface area contributed by atoms with Crippen LogP contribution in [-0.2, 0) is 4.74 Å². The lowest BCUT2D eigenvalue weighted by atomic mass is 10.2. The van der Waals surface area contributed by atoms with Crippen molar-refractivity contribution in [3.63, 3.8) is 0 Å². The molecule has 1 aromatic carbocycles. The Kier molecular flexibility index (Phi) is 2.76. The monoisotopic (exact) mass is 206 g/mol. The van der Waals surface area contributed by atoms with Crippen LogP contribution in [0.2, 0.25) is 0 Å².